The summed E-state index contributed by atoms with van der Waals surface area (Å²) >= 11 is 7.62. The number of ether oxygens (including phenoxy) is 1. The van der Waals surface area contributed by atoms with E-state index in [-0.39, 0.29) is 18.5 Å². The summed E-state index contributed by atoms with van der Waals surface area (Å²) in [7, 11) is 0. The lowest BCUT2D eigenvalue weighted by Gasteiger charge is -2.18. The fraction of sp³-hybridized carbons (Fsp3) is 0.353. The summed E-state index contributed by atoms with van der Waals surface area (Å²) in [6.45, 7) is 4.24. The van der Waals surface area contributed by atoms with Crippen LogP contribution in [-0.2, 0) is 5.88 Å². The van der Waals surface area contributed by atoms with E-state index in [0.717, 1.165) is 34.7 Å². The molecular weight excluding hydrogens is 351 g/mol. The van der Waals surface area contributed by atoms with Gasteiger partial charge in [-0.1, -0.05) is 19.9 Å². The molecule has 0 fully saturated rings. The molecule has 0 aliphatic rings. The molecule has 0 aliphatic carbocycles. The molecular formula is C17H22Cl2N2OS. The number of thiophene rings is 1. The first-order chi connectivity index (χ1) is 10.7. The SMILES string of the molecule is CCC(CC)Oc1ccc(N=C(N)c2cccs2)cc1CCl.Cl. The van der Waals surface area contributed by atoms with Crippen LogP contribution in [0.3, 0.4) is 0 Å². The second-order valence-electron chi connectivity index (χ2n) is 4.96. The van der Waals surface area contributed by atoms with Gasteiger partial charge in [-0.15, -0.1) is 35.3 Å². The van der Waals surface area contributed by atoms with Crippen molar-refractivity contribution >= 4 is 46.9 Å². The fourth-order valence-corrected chi connectivity index (χ4v) is 2.94. The number of benzene rings is 1. The van der Waals surface area contributed by atoms with Crippen molar-refractivity contribution in [2.24, 2.45) is 10.7 Å². The zero-order valence-corrected chi connectivity index (χ0v) is 15.7. The van der Waals surface area contributed by atoms with Gasteiger partial charge >= 0.3 is 0 Å². The first-order valence-corrected chi connectivity index (χ1v) is 8.82. The number of nitrogens with zero attached hydrogens (tertiary/aromatic N) is 1. The Balaban J connectivity index is 0.00000264. The Kier molecular flexibility index (Phi) is 8.45. The van der Waals surface area contributed by atoms with Crippen LogP contribution >= 0.6 is 35.3 Å². The lowest BCUT2D eigenvalue weighted by atomic mass is 10.1. The number of hydrogen-bond acceptors (Lipinski definition) is 3. The predicted molar refractivity (Wildman–Crippen MR) is 103 cm³/mol. The van der Waals surface area contributed by atoms with Crippen molar-refractivity contribution in [3.05, 3.63) is 46.2 Å². The molecule has 3 nitrogen and oxygen atoms in total. The van der Waals surface area contributed by atoms with Gasteiger partial charge in [0.05, 0.1) is 22.5 Å². The van der Waals surface area contributed by atoms with E-state index in [9.17, 15) is 0 Å². The number of halogens is 2. The van der Waals surface area contributed by atoms with E-state index >= 15 is 0 Å². The van der Waals surface area contributed by atoms with E-state index in [2.05, 4.69) is 18.8 Å². The average molecular weight is 373 g/mol. The maximum atomic E-state index is 6.05. The third-order valence-electron chi connectivity index (χ3n) is 3.42. The van der Waals surface area contributed by atoms with Crippen LogP contribution in [0.25, 0.3) is 0 Å². The summed E-state index contributed by atoms with van der Waals surface area (Å²) in [5.74, 6) is 1.74. The van der Waals surface area contributed by atoms with Crippen molar-refractivity contribution in [2.75, 3.05) is 0 Å². The van der Waals surface area contributed by atoms with Gasteiger partial charge in [0.2, 0.25) is 0 Å². The highest BCUT2D eigenvalue weighted by molar-refractivity contribution is 7.12. The molecule has 0 aliphatic heterocycles. The van der Waals surface area contributed by atoms with Crippen molar-refractivity contribution in [1.29, 1.82) is 0 Å². The van der Waals surface area contributed by atoms with E-state index in [4.69, 9.17) is 22.1 Å². The third-order valence-corrected chi connectivity index (χ3v) is 4.60. The molecule has 2 aromatic rings. The maximum Gasteiger partial charge on any atom is 0.141 e. The molecule has 1 aromatic carbocycles. The van der Waals surface area contributed by atoms with Gasteiger partial charge in [-0.05, 0) is 42.5 Å². The Bertz CT molecular complexity index is 626. The zero-order valence-electron chi connectivity index (χ0n) is 13.3. The third kappa shape index (κ3) is 5.41. The van der Waals surface area contributed by atoms with Crippen molar-refractivity contribution < 1.29 is 4.74 Å². The number of aliphatic imine (C=N–C) groups is 1. The van der Waals surface area contributed by atoms with Crippen LogP contribution in [0.15, 0.2) is 40.7 Å². The molecule has 1 heterocycles. The van der Waals surface area contributed by atoms with Crippen molar-refractivity contribution in [3.63, 3.8) is 0 Å². The number of amidine groups is 1. The summed E-state index contributed by atoms with van der Waals surface area (Å²) in [5.41, 5.74) is 7.75. The van der Waals surface area contributed by atoms with E-state index in [0.29, 0.717) is 11.7 Å². The van der Waals surface area contributed by atoms with E-state index in [1.807, 2.05) is 35.7 Å². The van der Waals surface area contributed by atoms with E-state index < -0.39 is 0 Å². The van der Waals surface area contributed by atoms with Crippen LogP contribution < -0.4 is 10.5 Å². The second-order valence-corrected chi connectivity index (χ2v) is 6.17. The van der Waals surface area contributed by atoms with Gasteiger partial charge in [0.15, 0.2) is 0 Å². The minimum absolute atomic E-state index is 0. The minimum Gasteiger partial charge on any atom is -0.490 e. The van der Waals surface area contributed by atoms with Crippen molar-refractivity contribution in [2.45, 2.75) is 38.7 Å². The summed E-state index contributed by atoms with van der Waals surface area (Å²) in [5, 5.41) is 1.98. The summed E-state index contributed by atoms with van der Waals surface area (Å²) < 4.78 is 6.00. The average Bonchev–Trinajstić information content (AvgIpc) is 3.08. The molecule has 2 N–H and O–H groups in total. The molecule has 0 bridgehead atoms. The maximum absolute atomic E-state index is 6.05. The van der Waals surface area contributed by atoms with Crippen LogP contribution in [0.5, 0.6) is 5.75 Å². The molecule has 0 saturated carbocycles. The van der Waals surface area contributed by atoms with Gasteiger partial charge in [0, 0.05) is 5.56 Å². The fourth-order valence-electron chi connectivity index (χ4n) is 2.11. The molecule has 0 spiro atoms. The molecule has 0 atom stereocenters. The number of hydrogen-bond donors (Lipinski definition) is 1. The van der Waals surface area contributed by atoms with E-state index in [1.165, 1.54) is 0 Å². The molecule has 0 amide bonds. The van der Waals surface area contributed by atoms with Crippen LogP contribution in [-0.4, -0.2) is 11.9 Å². The topological polar surface area (TPSA) is 47.6 Å². The predicted octanol–water partition coefficient (Wildman–Crippen LogP) is 5.51. The van der Waals surface area contributed by atoms with Gasteiger partial charge in [-0.25, -0.2) is 4.99 Å². The molecule has 0 saturated heterocycles. The highest BCUT2D eigenvalue weighted by Gasteiger charge is 2.10. The van der Waals surface area contributed by atoms with Crippen LogP contribution in [0.1, 0.15) is 37.1 Å². The van der Waals surface area contributed by atoms with Gasteiger partial charge in [0.25, 0.3) is 0 Å². The minimum atomic E-state index is 0. The largest absolute Gasteiger partial charge is 0.490 e. The molecule has 1 aromatic heterocycles. The summed E-state index contributed by atoms with van der Waals surface area (Å²) in [6.07, 6.45) is 2.17. The summed E-state index contributed by atoms with van der Waals surface area (Å²) in [6, 6.07) is 9.69. The standard InChI is InChI=1S/C17H21ClN2OS.ClH/c1-3-14(4-2)21-15-8-7-13(10-12(15)11-18)20-17(19)16-6-5-9-22-16;/h5-10,14H,3-4,11H2,1-2H3,(H2,19,20);1H. The van der Waals surface area contributed by atoms with Crippen molar-refractivity contribution in [1.82, 2.24) is 0 Å². The lowest BCUT2D eigenvalue weighted by molar-refractivity contribution is 0.191. The Morgan fingerprint density at radius 3 is 2.61 bits per heavy atom. The van der Waals surface area contributed by atoms with Gasteiger partial charge < -0.3 is 10.5 Å². The monoisotopic (exact) mass is 372 g/mol. The Hall–Kier alpha value is -1.23. The molecule has 126 valence electrons. The number of alkyl halides is 1. The van der Waals surface area contributed by atoms with Gasteiger partial charge in [-0.2, -0.15) is 0 Å². The zero-order chi connectivity index (χ0) is 15.9. The Morgan fingerprint density at radius 2 is 2.04 bits per heavy atom. The Labute approximate surface area is 152 Å². The van der Waals surface area contributed by atoms with Crippen LogP contribution in [0.2, 0.25) is 0 Å². The highest BCUT2D eigenvalue weighted by atomic mass is 35.5. The number of rotatable bonds is 7. The van der Waals surface area contributed by atoms with Gasteiger partial charge in [0.1, 0.15) is 11.6 Å². The molecule has 23 heavy (non-hydrogen) atoms. The second kappa shape index (κ2) is 9.81. The Morgan fingerprint density at radius 1 is 1.30 bits per heavy atom. The van der Waals surface area contributed by atoms with Gasteiger partial charge in [-0.3, -0.25) is 0 Å². The summed E-state index contributed by atoms with van der Waals surface area (Å²) in [4.78, 5) is 5.42. The van der Waals surface area contributed by atoms with Crippen molar-refractivity contribution in [3.8, 4) is 5.75 Å². The normalized spacial score (nSPS) is 11.4. The number of nitrogens with two attached hydrogens (primary N) is 1. The first kappa shape index (κ1) is 19.8. The quantitative estimate of drug-likeness (QED) is 0.395. The first-order valence-electron chi connectivity index (χ1n) is 7.41. The van der Waals surface area contributed by atoms with Crippen LogP contribution in [0, 0.1) is 0 Å². The van der Waals surface area contributed by atoms with E-state index in [1.54, 1.807) is 11.3 Å². The van der Waals surface area contributed by atoms with Crippen LogP contribution in [0.4, 0.5) is 5.69 Å². The lowest BCUT2D eigenvalue weighted by Crippen LogP contribution is -2.14. The highest BCUT2D eigenvalue weighted by Crippen LogP contribution is 2.28. The smallest absolute Gasteiger partial charge is 0.141 e. The molecule has 6 heteroatoms. The molecule has 0 unspecified atom stereocenters. The molecule has 2 rings (SSSR count). The molecule has 0 radical (unpaired) electrons.